The fourth-order valence-electron chi connectivity index (χ4n) is 4.57. The number of fused-ring (bicyclic) bond motifs is 1. The van der Waals surface area contributed by atoms with Crippen LogP contribution in [0.2, 0.25) is 0 Å². The largest absolute Gasteiger partial charge is 0.502 e. The zero-order valence-electron chi connectivity index (χ0n) is 20.1. The maximum atomic E-state index is 11.8. The summed E-state index contributed by atoms with van der Waals surface area (Å²) in [5.41, 5.74) is 2.09. The first-order chi connectivity index (χ1) is 17.5. The molecule has 5 aromatic rings. The molecule has 0 saturated carbocycles. The lowest BCUT2D eigenvalue weighted by atomic mass is 9.94. The molecular formula is C30H26N2O4. The summed E-state index contributed by atoms with van der Waals surface area (Å²) in [5, 5.41) is 15.1. The molecule has 6 heteroatoms. The monoisotopic (exact) mass is 478 g/mol. The predicted molar refractivity (Wildman–Crippen MR) is 145 cm³/mol. The summed E-state index contributed by atoms with van der Waals surface area (Å²) in [6.45, 7) is 2.90. The highest BCUT2D eigenvalue weighted by molar-refractivity contribution is 5.86. The molecule has 5 aromatic carbocycles. The Hall–Kier alpha value is -4.58. The van der Waals surface area contributed by atoms with E-state index in [-0.39, 0.29) is 11.6 Å². The molecule has 0 saturated heterocycles. The maximum absolute atomic E-state index is 11.8. The van der Waals surface area contributed by atoms with Crippen molar-refractivity contribution in [3.8, 4) is 11.5 Å². The Morgan fingerprint density at radius 2 is 1.58 bits per heavy atom. The second-order valence-electron chi connectivity index (χ2n) is 8.84. The van der Waals surface area contributed by atoms with Gasteiger partial charge in [0.2, 0.25) is 0 Å². The molecule has 6 nitrogen and oxygen atoms in total. The van der Waals surface area contributed by atoms with E-state index in [9.17, 15) is 14.7 Å². The van der Waals surface area contributed by atoms with Gasteiger partial charge >= 0.3 is 0 Å². The van der Waals surface area contributed by atoms with Crippen LogP contribution in [0, 0.1) is 0 Å². The van der Waals surface area contributed by atoms with Crippen LogP contribution in [0.5, 0.6) is 11.5 Å². The first-order valence-electron chi connectivity index (χ1n) is 11.7. The number of anilines is 4. The summed E-state index contributed by atoms with van der Waals surface area (Å²) in [6.07, 6.45) is 0. The molecule has 0 aliphatic carbocycles. The smallest absolute Gasteiger partial charge is 0.271 e. The van der Waals surface area contributed by atoms with Crippen LogP contribution in [-0.4, -0.2) is 18.8 Å². The fourth-order valence-corrected chi connectivity index (χ4v) is 4.57. The summed E-state index contributed by atoms with van der Waals surface area (Å²) in [7, 11) is 1.64. The highest BCUT2D eigenvalue weighted by atomic mass is 16.5. The summed E-state index contributed by atoms with van der Waals surface area (Å²) in [6, 6.07) is 30.2. The highest BCUT2D eigenvalue weighted by Crippen LogP contribution is 2.34. The van der Waals surface area contributed by atoms with E-state index in [2.05, 4.69) is 53.5 Å². The van der Waals surface area contributed by atoms with Gasteiger partial charge < -0.3 is 20.1 Å². The molecule has 180 valence electrons. The van der Waals surface area contributed by atoms with Crippen LogP contribution in [0.3, 0.4) is 0 Å². The lowest BCUT2D eigenvalue weighted by molar-refractivity contribution is 0.415. The van der Waals surface area contributed by atoms with Gasteiger partial charge in [0.15, 0.2) is 5.75 Å². The van der Waals surface area contributed by atoms with E-state index in [1.807, 2.05) is 48.5 Å². The van der Waals surface area contributed by atoms with Gasteiger partial charge in [0, 0.05) is 23.6 Å². The Kier molecular flexibility index (Phi) is 6.17. The van der Waals surface area contributed by atoms with Gasteiger partial charge in [0.1, 0.15) is 11.4 Å². The zero-order chi connectivity index (χ0) is 25.2. The number of ether oxygens (including phenoxy) is 1. The normalized spacial score (nSPS) is 11.9. The lowest BCUT2D eigenvalue weighted by Gasteiger charge is -2.29. The van der Waals surface area contributed by atoms with Crippen molar-refractivity contribution in [2.24, 2.45) is 0 Å². The van der Waals surface area contributed by atoms with E-state index in [1.54, 1.807) is 13.2 Å². The van der Waals surface area contributed by atoms with E-state index >= 15 is 0 Å². The Bertz CT molecular complexity index is 1600. The van der Waals surface area contributed by atoms with Crippen molar-refractivity contribution in [2.75, 3.05) is 23.9 Å². The molecule has 0 heterocycles. The first kappa shape index (κ1) is 23.2. The third-order valence-corrected chi connectivity index (χ3v) is 6.51. The summed E-state index contributed by atoms with van der Waals surface area (Å²) >= 11 is 0. The van der Waals surface area contributed by atoms with E-state index in [0.29, 0.717) is 12.2 Å². The highest BCUT2D eigenvalue weighted by Gasteiger charge is 2.21. The third-order valence-electron chi connectivity index (χ3n) is 6.51. The molecule has 1 atom stereocenters. The fraction of sp³-hybridized carbons (Fsp3) is 0.133. The molecule has 0 spiro atoms. The molecule has 0 bridgehead atoms. The number of methoxy groups -OCH3 is 1. The molecule has 0 amide bonds. The van der Waals surface area contributed by atoms with Crippen molar-refractivity contribution in [3.05, 3.63) is 117 Å². The van der Waals surface area contributed by atoms with Gasteiger partial charge in [-0.2, -0.15) is 0 Å². The third kappa shape index (κ3) is 4.29. The molecule has 5 rings (SSSR count). The minimum absolute atomic E-state index is 0.0720. The lowest BCUT2D eigenvalue weighted by Crippen LogP contribution is -2.32. The number of hydrogen-bond donors (Lipinski definition) is 2. The first-order valence-corrected chi connectivity index (χ1v) is 11.7. The standard InChI is InChI=1S/C30H26N2O4/c1-19(25-12-5-8-20-7-3-4-11-26(20)25)18-32(22-13-15-24(36-2)16-14-22)23-10-6-9-21(17-23)31-27-28(33)30(35)29(27)34/h3-17,19,31,33H,18H2,1-2H3. The summed E-state index contributed by atoms with van der Waals surface area (Å²) in [5.74, 6) is 0.432. The van der Waals surface area contributed by atoms with Crippen LogP contribution < -0.4 is 25.8 Å². The number of hydrogen-bond acceptors (Lipinski definition) is 6. The number of nitrogens with one attached hydrogen (secondary N) is 1. The van der Waals surface area contributed by atoms with Crippen LogP contribution in [0.4, 0.5) is 22.7 Å². The van der Waals surface area contributed by atoms with E-state index in [1.165, 1.54) is 16.3 Å². The van der Waals surface area contributed by atoms with Crippen molar-refractivity contribution < 1.29 is 9.84 Å². The van der Waals surface area contributed by atoms with Crippen molar-refractivity contribution in [3.63, 3.8) is 0 Å². The predicted octanol–water partition coefficient (Wildman–Crippen LogP) is 5.84. The van der Waals surface area contributed by atoms with Crippen LogP contribution in [0.15, 0.2) is 101 Å². The summed E-state index contributed by atoms with van der Waals surface area (Å²) in [4.78, 5) is 25.4. The SMILES string of the molecule is COc1ccc(N(CC(C)c2cccc3ccccc23)c2cccc(Nc3c(O)c(=O)c3=O)c2)cc1. The minimum Gasteiger partial charge on any atom is -0.502 e. The topological polar surface area (TPSA) is 78.9 Å². The van der Waals surface area contributed by atoms with Crippen molar-refractivity contribution in [1.29, 1.82) is 0 Å². The number of nitrogens with zero attached hydrogens (tertiary/aromatic N) is 1. The molecule has 0 aliphatic rings. The van der Waals surface area contributed by atoms with Crippen LogP contribution in [0.25, 0.3) is 10.8 Å². The van der Waals surface area contributed by atoms with Crippen molar-refractivity contribution >= 4 is 33.5 Å². The maximum Gasteiger partial charge on any atom is 0.271 e. The molecule has 0 aliphatic heterocycles. The molecular weight excluding hydrogens is 452 g/mol. The van der Waals surface area contributed by atoms with Gasteiger partial charge in [-0.15, -0.1) is 0 Å². The van der Waals surface area contributed by atoms with Crippen LogP contribution >= 0.6 is 0 Å². The van der Waals surface area contributed by atoms with Crippen molar-refractivity contribution in [2.45, 2.75) is 12.8 Å². The van der Waals surface area contributed by atoms with E-state index in [0.717, 1.165) is 17.1 Å². The van der Waals surface area contributed by atoms with Gasteiger partial charge in [-0.3, -0.25) is 9.59 Å². The Balaban J connectivity index is 1.51. The van der Waals surface area contributed by atoms with E-state index in [4.69, 9.17) is 4.74 Å². The zero-order valence-corrected chi connectivity index (χ0v) is 20.1. The molecule has 36 heavy (non-hydrogen) atoms. The Morgan fingerprint density at radius 3 is 2.33 bits per heavy atom. The van der Waals surface area contributed by atoms with Gasteiger partial charge in [-0.1, -0.05) is 55.5 Å². The molecule has 0 radical (unpaired) electrons. The Morgan fingerprint density at radius 1 is 0.861 bits per heavy atom. The number of rotatable bonds is 8. The van der Waals surface area contributed by atoms with Gasteiger partial charge in [0.25, 0.3) is 10.9 Å². The molecule has 1 unspecified atom stereocenters. The van der Waals surface area contributed by atoms with Crippen molar-refractivity contribution in [1.82, 2.24) is 0 Å². The summed E-state index contributed by atoms with van der Waals surface area (Å²) < 4.78 is 5.35. The molecule has 0 aromatic heterocycles. The van der Waals surface area contributed by atoms with E-state index < -0.39 is 16.6 Å². The second kappa shape index (κ2) is 9.58. The number of aromatic hydroxyl groups is 1. The second-order valence-corrected chi connectivity index (χ2v) is 8.84. The minimum atomic E-state index is -0.863. The van der Waals surface area contributed by atoms with Gasteiger partial charge in [-0.25, -0.2) is 0 Å². The molecule has 2 N–H and O–H groups in total. The van der Waals surface area contributed by atoms with Gasteiger partial charge in [-0.05, 0) is 64.7 Å². The quantitative estimate of drug-likeness (QED) is 0.273. The average molecular weight is 479 g/mol. The molecule has 0 fully saturated rings. The Labute approximate surface area is 208 Å². The van der Waals surface area contributed by atoms with Gasteiger partial charge in [0.05, 0.1) is 7.11 Å². The number of benzene rings is 4. The average Bonchev–Trinajstić information content (AvgIpc) is 2.93. The van der Waals surface area contributed by atoms with Crippen LogP contribution in [0.1, 0.15) is 18.4 Å². The van der Waals surface area contributed by atoms with Crippen LogP contribution in [-0.2, 0) is 0 Å².